The summed E-state index contributed by atoms with van der Waals surface area (Å²) in [5.41, 5.74) is 1.40. The lowest BCUT2D eigenvalue weighted by Crippen LogP contribution is -2.34. The van der Waals surface area contributed by atoms with E-state index in [4.69, 9.17) is 14.0 Å². The van der Waals surface area contributed by atoms with E-state index in [9.17, 15) is 4.79 Å². The summed E-state index contributed by atoms with van der Waals surface area (Å²) in [5, 5.41) is 6.70. The minimum atomic E-state index is -0.518. The lowest BCUT2D eigenvalue weighted by molar-refractivity contribution is 0.0519. The van der Waals surface area contributed by atoms with Crippen LogP contribution in [0.1, 0.15) is 39.7 Å². The predicted octanol–water partition coefficient (Wildman–Crippen LogP) is 4.20. The lowest BCUT2D eigenvalue weighted by atomic mass is 10.1. The summed E-state index contributed by atoms with van der Waals surface area (Å²) in [4.78, 5) is 11.6. The Labute approximate surface area is 148 Å². The standard InChI is InChI=1S/C19H26N2O4/c1-5-9-15-16(14-10-7-6-8-11-14)25-21-17(15)23-13-12-20-18(22)24-19(2,3)4/h6-8,10-11H,5,9,12-13H2,1-4H3,(H,20,22). The van der Waals surface area contributed by atoms with Gasteiger partial charge in [-0.25, -0.2) is 4.79 Å². The first-order valence-electron chi connectivity index (χ1n) is 8.54. The fourth-order valence-corrected chi connectivity index (χ4v) is 2.31. The van der Waals surface area contributed by atoms with Crippen LogP contribution in [-0.2, 0) is 11.2 Å². The Hall–Kier alpha value is -2.50. The number of carbonyl (C=O) groups is 1. The molecule has 0 aliphatic rings. The Morgan fingerprint density at radius 1 is 1.24 bits per heavy atom. The molecule has 1 aromatic heterocycles. The van der Waals surface area contributed by atoms with Crippen LogP contribution in [0.15, 0.2) is 34.9 Å². The molecular formula is C19H26N2O4. The van der Waals surface area contributed by atoms with Gasteiger partial charge in [-0.1, -0.05) is 43.7 Å². The number of nitrogens with one attached hydrogen (secondary N) is 1. The maximum absolute atomic E-state index is 11.6. The Bertz CT molecular complexity index is 674. The summed E-state index contributed by atoms with van der Waals surface area (Å²) in [6.07, 6.45) is 1.30. The van der Waals surface area contributed by atoms with Gasteiger partial charge in [0.05, 0.1) is 12.1 Å². The van der Waals surface area contributed by atoms with Crippen molar-refractivity contribution in [2.24, 2.45) is 0 Å². The summed E-state index contributed by atoms with van der Waals surface area (Å²) < 4.78 is 16.4. The SMILES string of the molecule is CCCc1c(OCCNC(=O)OC(C)(C)C)noc1-c1ccccc1. The Balaban J connectivity index is 1.94. The van der Waals surface area contributed by atoms with Gasteiger partial charge in [-0.3, -0.25) is 0 Å². The topological polar surface area (TPSA) is 73.6 Å². The molecule has 2 aromatic rings. The second-order valence-corrected chi connectivity index (χ2v) is 6.69. The van der Waals surface area contributed by atoms with Crippen molar-refractivity contribution in [2.45, 2.75) is 46.1 Å². The van der Waals surface area contributed by atoms with Gasteiger partial charge in [0.25, 0.3) is 5.88 Å². The summed E-state index contributed by atoms with van der Waals surface area (Å²) in [6.45, 7) is 8.17. The van der Waals surface area contributed by atoms with Crippen LogP contribution in [-0.4, -0.2) is 30.0 Å². The van der Waals surface area contributed by atoms with Crippen molar-refractivity contribution >= 4 is 6.09 Å². The van der Waals surface area contributed by atoms with Gasteiger partial charge in [-0.15, -0.1) is 0 Å². The smallest absolute Gasteiger partial charge is 0.407 e. The van der Waals surface area contributed by atoms with Crippen LogP contribution >= 0.6 is 0 Å². The van der Waals surface area contributed by atoms with Crippen LogP contribution in [0.3, 0.4) is 0 Å². The highest BCUT2D eigenvalue weighted by molar-refractivity contribution is 5.67. The number of nitrogens with zero attached hydrogens (tertiary/aromatic N) is 1. The molecule has 6 heteroatoms. The third-order valence-electron chi connectivity index (χ3n) is 3.30. The normalized spacial score (nSPS) is 11.2. The highest BCUT2D eigenvalue weighted by Gasteiger charge is 2.19. The number of ether oxygens (including phenoxy) is 2. The number of benzene rings is 1. The maximum atomic E-state index is 11.6. The number of rotatable bonds is 7. The van der Waals surface area contributed by atoms with Gasteiger partial charge in [-0.05, 0) is 32.3 Å². The predicted molar refractivity (Wildman–Crippen MR) is 95.7 cm³/mol. The van der Waals surface area contributed by atoms with Crippen LogP contribution in [0.2, 0.25) is 0 Å². The minimum absolute atomic E-state index is 0.288. The number of hydrogen-bond donors (Lipinski definition) is 1. The van der Waals surface area contributed by atoms with Crippen LogP contribution < -0.4 is 10.1 Å². The zero-order valence-electron chi connectivity index (χ0n) is 15.3. The van der Waals surface area contributed by atoms with Gasteiger partial charge in [0.15, 0.2) is 5.76 Å². The Morgan fingerprint density at radius 2 is 1.96 bits per heavy atom. The summed E-state index contributed by atoms with van der Waals surface area (Å²) in [7, 11) is 0. The molecule has 2 rings (SSSR count). The second-order valence-electron chi connectivity index (χ2n) is 6.69. The fourth-order valence-electron chi connectivity index (χ4n) is 2.31. The van der Waals surface area contributed by atoms with E-state index in [1.54, 1.807) is 0 Å². The van der Waals surface area contributed by atoms with E-state index in [0.717, 1.165) is 29.7 Å². The van der Waals surface area contributed by atoms with Crippen LogP contribution in [0, 0.1) is 0 Å². The summed E-state index contributed by atoms with van der Waals surface area (Å²) in [6, 6.07) is 9.83. The van der Waals surface area contributed by atoms with E-state index in [2.05, 4.69) is 17.4 Å². The molecule has 0 radical (unpaired) electrons. The molecule has 0 atom stereocenters. The molecule has 1 heterocycles. The molecule has 0 aliphatic carbocycles. The average Bonchev–Trinajstić information content (AvgIpc) is 2.94. The Morgan fingerprint density at radius 3 is 2.60 bits per heavy atom. The first-order chi connectivity index (χ1) is 11.9. The third-order valence-corrected chi connectivity index (χ3v) is 3.30. The van der Waals surface area contributed by atoms with Crippen molar-refractivity contribution < 1.29 is 18.8 Å². The molecular weight excluding hydrogens is 320 g/mol. The molecule has 1 aromatic carbocycles. The fraction of sp³-hybridized carbons (Fsp3) is 0.474. The molecule has 136 valence electrons. The van der Waals surface area contributed by atoms with Crippen LogP contribution in [0.5, 0.6) is 5.88 Å². The van der Waals surface area contributed by atoms with Gasteiger partial charge in [0.2, 0.25) is 0 Å². The van der Waals surface area contributed by atoms with E-state index < -0.39 is 11.7 Å². The molecule has 1 N–H and O–H groups in total. The molecule has 25 heavy (non-hydrogen) atoms. The van der Waals surface area contributed by atoms with E-state index in [-0.39, 0.29) is 6.61 Å². The van der Waals surface area contributed by atoms with E-state index >= 15 is 0 Å². The van der Waals surface area contributed by atoms with Crippen LogP contribution in [0.4, 0.5) is 4.79 Å². The van der Waals surface area contributed by atoms with Gasteiger partial charge in [-0.2, -0.15) is 0 Å². The zero-order chi connectivity index (χ0) is 18.3. The largest absolute Gasteiger partial charge is 0.473 e. The monoisotopic (exact) mass is 346 g/mol. The quantitative estimate of drug-likeness (QED) is 0.761. The van der Waals surface area contributed by atoms with E-state index in [1.807, 2.05) is 51.1 Å². The number of carbonyl (C=O) groups excluding carboxylic acids is 1. The molecule has 0 aliphatic heterocycles. The third kappa shape index (κ3) is 5.81. The molecule has 6 nitrogen and oxygen atoms in total. The lowest BCUT2D eigenvalue weighted by Gasteiger charge is -2.19. The minimum Gasteiger partial charge on any atom is -0.473 e. The molecule has 1 amide bonds. The van der Waals surface area contributed by atoms with Gasteiger partial charge in [0.1, 0.15) is 12.2 Å². The van der Waals surface area contributed by atoms with Crippen molar-refractivity contribution in [3.05, 3.63) is 35.9 Å². The highest BCUT2D eigenvalue weighted by atomic mass is 16.6. The molecule has 0 unspecified atom stereocenters. The average molecular weight is 346 g/mol. The van der Waals surface area contributed by atoms with Crippen molar-refractivity contribution in [1.29, 1.82) is 0 Å². The Kier molecular flexibility index (Phi) is 6.44. The van der Waals surface area contributed by atoms with Crippen LogP contribution in [0.25, 0.3) is 11.3 Å². The molecule has 0 saturated heterocycles. The number of alkyl carbamates (subject to hydrolysis) is 1. The number of hydrogen-bond acceptors (Lipinski definition) is 5. The summed E-state index contributed by atoms with van der Waals surface area (Å²) in [5.74, 6) is 1.21. The zero-order valence-corrected chi connectivity index (χ0v) is 15.3. The first-order valence-corrected chi connectivity index (χ1v) is 8.54. The molecule has 0 spiro atoms. The van der Waals surface area contributed by atoms with Crippen molar-refractivity contribution in [2.75, 3.05) is 13.2 Å². The summed E-state index contributed by atoms with van der Waals surface area (Å²) >= 11 is 0. The van der Waals surface area contributed by atoms with Gasteiger partial charge >= 0.3 is 6.09 Å². The van der Waals surface area contributed by atoms with Crippen molar-refractivity contribution in [3.63, 3.8) is 0 Å². The van der Waals surface area contributed by atoms with Gasteiger partial charge in [0, 0.05) is 5.56 Å². The maximum Gasteiger partial charge on any atom is 0.407 e. The van der Waals surface area contributed by atoms with E-state index in [1.165, 1.54) is 0 Å². The molecule has 0 fully saturated rings. The van der Waals surface area contributed by atoms with E-state index in [0.29, 0.717) is 12.4 Å². The first kappa shape index (κ1) is 18.8. The molecule has 0 saturated carbocycles. The second kappa shape index (κ2) is 8.55. The number of aromatic nitrogens is 1. The van der Waals surface area contributed by atoms with Gasteiger partial charge < -0.3 is 19.3 Å². The van der Waals surface area contributed by atoms with Crippen molar-refractivity contribution in [1.82, 2.24) is 10.5 Å². The highest BCUT2D eigenvalue weighted by Crippen LogP contribution is 2.31. The molecule has 0 bridgehead atoms. The number of amides is 1. The van der Waals surface area contributed by atoms with Crippen molar-refractivity contribution in [3.8, 4) is 17.2 Å².